The topological polar surface area (TPSA) is 82.1 Å². The highest BCUT2D eigenvalue weighted by atomic mass is 19.1. The molecule has 128 valence electrons. The number of anilines is 2. The van der Waals surface area contributed by atoms with Gasteiger partial charge in [0.25, 0.3) is 0 Å². The van der Waals surface area contributed by atoms with Gasteiger partial charge in [0.1, 0.15) is 5.82 Å². The first kappa shape index (κ1) is 16.3. The number of halogens is 1. The lowest BCUT2D eigenvalue weighted by Gasteiger charge is -2.31. The van der Waals surface area contributed by atoms with Crippen LogP contribution in [0.1, 0.15) is 17.3 Å². The number of carboxylic acids is 1. The van der Waals surface area contributed by atoms with Gasteiger partial charge in [-0.3, -0.25) is 0 Å². The van der Waals surface area contributed by atoms with Crippen molar-refractivity contribution in [2.75, 3.05) is 42.5 Å². The molecule has 0 amide bonds. The number of carbonyl (C=O) groups excluding carboxylic acids is 1. The Labute approximate surface area is 138 Å². The average Bonchev–Trinajstić information content (AvgIpc) is 2.72. The standard InChI is InChI=1S/C16H18FN3O4/c1-2-19-9-14(15(21)22)24-16(23)10-7-11(17)13(8-12(10)19)20-5-3-18-4-6-20/h7-9,18H,2-6H2,1H3,(H,21,22). The number of carbonyl (C=O) groups is 2. The molecule has 0 spiro atoms. The van der Waals surface area contributed by atoms with E-state index in [4.69, 9.17) is 9.84 Å². The maximum atomic E-state index is 14.5. The fourth-order valence-corrected chi connectivity index (χ4v) is 2.85. The summed E-state index contributed by atoms with van der Waals surface area (Å²) in [5.74, 6) is -3.23. The molecule has 1 aromatic rings. The zero-order valence-corrected chi connectivity index (χ0v) is 13.2. The van der Waals surface area contributed by atoms with Gasteiger partial charge < -0.3 is 25.0 Å². The van der Waals surface area contributed by atoms with Gasteiger partial charge in [-0.1, -0.05) is 0 Å². The van der Waals surface area contributed by atoms with Gasteiger partial charge in [-0.15, -0.1) is 0 Å². The van der Waals surface area contributed by atoms with Crippen molar-refractivity contribution in [3.8, 4) is 0 Å². The number of nitrogens with zero attached hydrogens (tertiary/aromatic N) is 2. The highest BCUT2D eigenvalue weighted by Crippen LogP contribution is 2.33. The largest absolute Gasteiger partial charge is 0.475 e. The minimum atomic E-state index is -1.35. The number of fused-ring (bicyclic) bond motifs is 1. The second kappa shape index (κ2) is 6.48. The third kappa shape index (κ3) is 2.92. The summed E-state index contributed by atoms with van der Waals surface area (Å²) in [5, 5.41) is 12.3. The molecule has 1 fully saturated rings. The molecular formula is C16H18FN3O4. The first-order valence-electron chi connectivity index (χ1n) is 7.74. The Morgan fingerprint density at radius 3 is 2.67 bits per heavy atom. The van der Waals surface area contributed by atoms with Gasteiger partial charge >= 0.3 is 11.9 Å². The van der Waals surface area contributed by atoms with Crippen LogP contribution < -0.4 is 15.1 Å². The molecule has 0 radical (unpaired) electrons. The molecular weight excluding hydrogens is 317 g/mol. The number of benzene rings is 1. The van der Waals surface area contributed by atoms with Crippen molar-refractivity contribution in [2.24, 2.45) is 0 Å². The van der Waals surface area contributed by atoms with Crippen molar-refractivity contribution >= 4 is 23.3 Å². The van der Waals surface area contributed by atoms with E-state index in [0.29, 0.717) is 31.0 Å². The van der Waals surface area contributed by atoms with Crippen molar-refractivity contribution in [2.45, 2.75) is 6.92 Å². The number of nitrogens with one attached hydrogen (secondary N) is 1. The maximum Gasteiger partial charge on any atom is 0.373 e. The first-order chi connectivity index (χ1) is 11.5. The first-order valence-corrected chi connectivity index (χ1v) is 7.74. The van der Waals surface area contributed by atoms with Gasteiger partial charge in [0.2, 0.25) is 5.76 Å². The molecule has 2 heterocycles. The molecule has 0 unspecified atom stereocenters. The van der Waals surface area contributed by atoms with Crippen LogP contribution in [0.4, 0.5) is 15.8 Å². The minimum absolute atomic E-state index is 0.0146. The highest BCUT2D eigenvalue weighted by Gasteiger charge is 2.28. The van der Waals surface area contributed by atoms with Crippen LogP contribution in [-0.4, -0.2) is 49.8 Å². The molecule has 0 bridgehead atoms. The molecule has 2 aliphatic heterocycles. The van der Waals surface area contributed by atoms with Gasteiger partial charge in [-0.25, -0.2) is 14.0 Å². The van der Waals surface area contributed by atoms with Crippen LogP contribution in [0.3, 0.4) is 0 Å². The van der Waals surface area contributed by atoms with Crippen molar-refractivity contribution in [1.82, 2.24) is 5.32 Å². The Bertz CT molecular complexity index is 714. The third-order valence-electron chi connectivity index (χ3n) is 4.08. The van der Waals surface area contributed by atoms with Crippen molar-refractivity contribution in [1.29, 1.82) is 0 Å². The van der Waals surface area contributed by atoms with Gasteiger partial charge in [-0.05, 0) is 19.1 Å². The molecule has 7 nitrogen and oxygen atoms in total. The number of hydrogen-bond acceptors (Lipinski definition) is 6. The molecule has 1 aromatic carbocycles. The number of ether oxygens (including phenoxy) is 1. The van der Waals surface area contributed by atoms with Crippen molar-refractivity contribution in [3.05, 3.63) is 35.5 Å². The molecule has 1 saturated heterocycles. The van der Waals surface area contributed by atoms with Gasteiger partial charge in [0.05, 0.1) is 23.1 Å². The second-order valence-corrected chi connectivity index (χ2v) is 5.53. The molecule has 2 N–H and O–H groups in total. The summed E-state index contributed by atoms with van der Waals surface area (Å²) in [4.78, 5) is 26.8. The minimum Gasteiger partial charge on any atom is -0.475 e. The van der Waals surface area contributed by atoms with Gasteiger partial charge in [-0.2, -0.15) is 0 Å². The van der Waals surface area contributed by atoms with E-state index in [2.05, 4.69) is 5.32 Å². The van der Waals surface area contributed by atoms with E-state index in [1.807, 2.05) is 11.8 Å². The van der Waals surface area contributed by atoms with Crippen LogP contribution in [0.5, 0.6) is 0 Å². The summed E-state index contributed by atoms with van der Waals surface area (Å²) >= 11 is 0. The highest BCUT2D eigenvalue weighted by molar-refractivity contribution is 6.01. The Kier molecular flexibility index (Phi) is 4.39. The van der Waals surface area contributed by atoms with Crippen molar-refractivity contribution in [3.63, 3.8) is 0 Å². The quantitative estimate of drug-likeness (QED) is 0.802. The molecule has 0 saturated carbocycles. The smallest absolute Gasteiger partial charge is 0.373 e. The van der Waals surface area contributed by atoms with E-state index in [9.17, 15) is 14.0 Å². The molecule has 8 heteroatoms. The molecule has 3 rings (SSSR count). The number of piperazine rings is 1. The van der Waals surface area contributed by atoms with Crippen LogP contribution in [-0.2, 0) is 9.53 Å². The van der Waals surface area contributed by atoms with E-state index >= 15 is 0 Å². The number of cyclic esters (lactones) is 1. The van der Waals surface area contributed by atoms with E-state index in [-0.39, 0.29) is 5.56 Å². The van der Waals surface area contributed by atoms with E-state index in [1.165, 1.54) is 6.20 Å². The lowest BCUT2D eigenvalue weighted by molar-refractivity contribution is -0.135. The molecule has 2 aliphatic rings. The van der Waals surface area contributed by atoms with Crippen LogP contribution in [0.25, 0.3) is 0 Å². The van der Waals surface area contributed by atoms with Crippen LogP contribution in [0.15, 0.2) is 24.1 Å². The van der Waals surface area contributed by atoms with E-state index in [0.717, 1.165) is 19.2 Å². The molecule has 0 aliphatic carbocycles. The summed E-state index contributed by atoms with van der Waals surface area (Å²) < 4.78 is 19.4. The van der Waals surface area contributed by atoms with E-state index in [1.54, 1.807) is 11.0 Å². The van der Waals surface area contributed by atoms with Crippen molar-refractivity contribution < 1.29 is 23.8 Å². The van der Waals surface area contributed by atoms with E-state index < -0.39 is 23.5 Å². The number of carboxylic acid groups (broad SMARTS) is 1. The second-order valence-electron chi connectivity index (χ2n) is 5.53. The number of aliphatic carboxylic acids is 1. The third-order valence-corrected chi connectivity index (χ3v) is 4.08. The fraction of sp³-hybridized carbons (Fsp3) is 0.375. The summed E-state index contributed by atoms with van der Waals surface area (Å²) in [6.45, 7) is 5.03. The van der Waals surface area contributed by atoms with Crippen LogP contribution >= 0.6 is 0 Å². The summed E-state index contributed by atoms with van der Waals surface area (Å²) in [6.07, 6.45) is 1.26. The Morgan fingerprint density at radius 2 is 2.04 bits per heavy atom. The predicted molar refractivity (Wildman–Crippen MR) is 85.6 cm³/mol. The Hall–Kier alpha value is -2.61. The summed E-state index contributed by atoms with van der Waals surface area (Å²) in [6, 6.07) is 2.71. The Morgan fingerprint density at radius 1 is 1.33 bits per heavy atom. The monoisotopic (exact) mass is 335 g/mol. The zero-order valence-electron chi connectivity index (χ0n) is 13.2. The van der Waals surface area contributed by atoms with Crippen LogP contribution in [0, 0.1) is 5.82 Å². The van der Waals surface area contributed by atoms with Gasteiger partial charge in [0.15, 0.2) is 0 Å². The number of rotatable bonds is 3. The SMILES string of the molecule is CCN1C=C(C(=O)O)OC(=O)c2cc(F)c(N3CCNCC3)cc21. The average molecular weight is 335 g/mol. The summed E-state index contributed by atoms with van der Waals surface area (Å²) in [7, 11) is 0. The number of esters is 1. The molecule has 24 heavy (non-hydrogen) atoms. The zero-order chi connectivity index (χ0) is 17.3. The normalized spacial score (nSPS) is 17.8. The lowest BCUT2D eigenvalue weighted by atomic mass is 10.1. The lowest BCUT2D eigenvalue weighted by Crippen LogP contribution is -2.44. The maximum absolute atomic E-state index is 14.5. The summed E-state index contributed by atoms with van der Waals surface area (Å²) in [5.41, 5.74) is 0.850. The molecule has 0 aromatic heterocycles. The fourth-order valence-electron chi connectivity index (χ4n) is 2.85. The predicted octanol–water partition coefficient (Wildman–Crippen LogP) is 1.16. The number of hydrogen-bond donors (Lipinski definition) is 2. The molecule has 0 atom stereocenters. The van der Waals surface area contributed by atoms with Crippen LogP contribution in [0.2, 0.25) is 0 Å². The van der Waals surface area contributed by atoms with Gasteiger partial charge in [0, 0.05) is 32.7 Å². The Balaban J connectivity index is 2.08.